The van der Waals surface area contributed by atoms with E-state index in [1.54, 1.807) is 0 Å². The summed E-state index contributed by atoms with van der Waals surface area (Å²) < 4.78 is 0. The lowest BCUT2D eigenvalue weighted by molar-refractivity contribution is -0.0580. The van der Waals surface area contributed by atoms with Gasteiger partial charge in [0.1, 0.15) is 5.60 Å². The van der Waals surface area contributed by atoms with Gasteiger partial charge in [0.2, 0.25) is 0 Å². The van der Waals surface area contributed by atoms with Gasteiger partial charge in [0, 0.05) is 6.20 Å². The van der Waals surface area contributed by atoms with Gasteiger partial charge in [-0.3, -0.25) is 10.3 Å². The minimum absolute atomic E-state index is 0.0816. The summed E-state index contributed by atoms with van der Waals surface area (Å²) in [6.07, 6.45) is 10.4. The van der Waals surface area contributed by atoms with Crippen LogP contribution < -0.4 is 5.48 Å². The van der Waals surface area contributed by atoms with Crippen molar-refractivity contribution in [3.05, 3.63) is 12.3 Å². The second-order valence-corrected chi connectivity index (χ2v) is 3.18. The maximum atomic E-state index is 5.42. The molecule has 2 heteroatoms. The lowest BCUT2D eigenvalue weighted by Gasteiger charge is -2.29. The lowest BCUT2D eigenvalue weighted by atomic mass is 9.85. The van der Waals surface area contributed by atoms with Crippen molar-refractivity contribution in [1.82, 2.24) is 5.48 Å². The topological polar surface area (TPSA) is 21.3 Å². The van der Waals surface area contributed by atoms with Crippen molar-refractivity contribution in [3.8, 4) is 0 Å². The average Bonchev–Trinajstić information content (AvgIpc) is 2.39. The Morgan fingerprint density at radius 3 is 2.60 bits per heavy atom. The van der Waals surface area contributed by atoms with Crippen LogP contribution in [0.2, 0.25) is 0 Å². The van der Waals surface area contributed by atoms with E-state index in [-0.39, 0.29) is 5.60 Å². The van der Waals surface area contributed by atoms with E-state index in [2.05, 4.69) is 11.6 Å². The van der Waals surface area contributed by atoms with E-state index in [9.17, 15) is 0 Å². The second kappa shape index (κ2) is 2.27. The summed E-state index contributed by atoms with van der Waals surface area (Å²) in [5.74, 6) is 0. The Balaban J connectivity index is 2.05. The molecule has 0 radical (unpaired) electrons. The molecule has 0 aromatic rings. The Hall–Kier alpha value is -0.500. The molecule has 1 spiro atoms. The van der Waals surface area contributed by atoms with Gasteiger partial charge in [0.15, 0.2) is 0 Å². The number of hydrogen-bond acceptors (Lipinski definition) is 2. The first-order valence-corrected chi connectivity index (χ1v) is 4.03. The van der Waals surface area contributed by atoms with E-state index >= 15 is 0 Å². The highest BCUT2D eigenvalue weighted by Gasteiger charge is 2.33. The third kappa shape index (κ3) is 0.926. The van der Waals surface area contributed by atoms with E-state index in [1.165, 1.54) is 32.1 Å². The minimum Gasteiger partial charge on any atom is -0.274 e. The molecule has 2 aliphatic rings. The quantitative estimate of drug-likeness (QED) is 0.552. The molecule has 1 fully saturated rings. The van der Waals surface area contributed by atoms with Crippen molar-refractivity contribution >= 4 is 0 Å². The summed E-state index contributed by atoms with van der Waals surface area (Å²) in [5, 5.41) is 0. The summed E-state index contributed by atoms with van der Waals surface area (Å²) in [5.41, 5.74) is 2.88. The Morgan fingerprint density at radius 2 is 2.00 bits per heavy atom. The summed E-state index contributed by atoms with van der Waals surface area (Å²) >= 11 is 0. The van der Waals surface area contributed by atoms with E-state index in [4.69, 9.17) is 4.84 Å². The van der Waals surface area contributed by atoms with Gasteiger partial charge in [-0.2, -0.15) is 0 Å². The fourth-order valence-electron chi connectivity index (χ4n) is 1.79. The van der Waals surface area contributed by atoms with Crippen LogP contribution in [0.5, 0.6) is 0 Å². The van der Waals surface area contributed by atoms with Gasteiger partial charge in [-0.1, -0.05) is 19.3 Å². The van der Waals surface area contributed by atoms with Gasteiger partial charge in [-0.05, 0) is 18.9 Å². The van der Waals surface area contributed by atoms with E-state index in [0.717, 1.165) is 0 Å². The van der Waals surface area contributed by atoms with Crippen LogP contribution in [-0.4, -0.2) is 5.60 Å². The molecule has 1 N–H and O–H groups in total. The molecule has 2 rings (SSSR count). The molecule has 1 heterocycles. The number of hydrogen-bond donors (Lipinski definition) is 1. The van der Waals surface area contributed by atoms with E-state index in [1.807, 2.05) is 6.20 Å². The van der Waals surface area contributed by atoms with Crippen molar-refractivity contribution in [2.24, 2.45) is 0 Å². The molecule has 0 amide bonds. The zero-order valence-corrected chi connectivity index (χ0v) is 6.10. The minimum atomic E-state index is 0.0816. The molecule has 0 unspecified atom stereocenters. The highest BCUT2D eigenvalue weighted by molar-refractivity contribution is 5.05. The normalized spacial score (nSPS) is 28.8. The molecule has 0 aromatic carbocycles. The van der Waals surface area contributed by atoms with Gasteiger partial charge < -0.3 is 0 Å². The van der Waals surface area contributed by atoms with Crippen LogP contribution in [0.1, 0.15) is 32.1 Å². The van der Waals surface area contributed by atoms with Gasteiger partial charge in [0.25, 0.3) is 0 Å². The van der Waals surface area contributed by atoms with Gasteiger partial charge >= 0.3 is 0 Å². The standard InChI is InChI=1S/C8H13NO/c1-2-4-8(5-3-1)6-7-9-10-8/h6-7,9H,1-5H2. The summed E-state index contributed by atoms with van der Waals surface area (Å²) in [7, 11) is 0. The molecule has 0 atom stereocenters. The molecule has 56 valence electrons. The molecule has 2 nitrogen and oxygen atoms in total. The summed E-state index contributed by atoms with van der Waals surface area (Å²) in [6, 6.07) is 0. The fourth-order valence-corrected chi connectivity index (χ4v) is 1.79. The molecule has 0 bridgehead atoms. The maximum Gasteiger partial charge on any atom is 0.116 e. The summed E-state index contributed by atoms with van der Waals surface area (Å²) in [4.78, 5) is 5.42. The highest BCUT2D eigenvalue weighted by atomic mass is 16.7. The fraction of sp³-hybridized carbons (Fsp3) is 0.750. The average molecular weight is 139 g/mol. The molecule has 1 aliphatic heterocycles. The van der Waals surface area contributed by atoms with Crippen LogP contribution in [0.15, 0.2) is 12.3 Å². The Kier molecular flexibility index (Phi) is 1.42. The molecule has 0 aromatic heterocycles. The number of nitrogens with one attached hydrogen (secondary N) is 1. The molecule has 10 heavy (non-hydrogen) atoms. The van der Waals surface area contributed by atoms with Gasteiger partial charge in [-0.25, -0.2) is 0 Å². The largest absolute Gasteiger partial charge is 0.274 e. The second-order valence-electron chi connectivity index (χ2n) is 3.18. The van der Waals surface area contributed by atoms with Crippen molar-refractivity contribution in [2.45, 2.75) is 37.7 Å². The number of rotatable bonds is 0. The predicted octanol–water partition coefficient (Wildman–Crippen LogP) is 1.74. The molecule has 0 saturated heterocycles. The summed E-state index contributed by atoms with van der Waals surface area (Å²) in [6.45, 7) is 0. The zero-order valence-electron chi connectivity index (χ0n) is 6.10. The maximum absolute atomic E-state index is 5.42. The van der Waals surface area contributed by atoms with Crippen LogP contribution in [-0.2, 0) is 4.84 Å². The highest BCUT2D eigenvalue weighted by Crippen LogP contribution is 2.33. The SMILES string of the molecule is C1=CC2(CCCCC2)ON1. The number of hydroxylamine groups is 1. The Labute approximate surface area is 61.2 Å². The first-order valence-electron chi connectivity index (χ1n) is 4.03. The van der Waals surface area contributed by atoms with Crippen molar-refractivity contribution in [1.29, 1.82) is 0 Å². The molecular formula is C8H13NO. The first-order chi connectivity index (χ1) is 4.91. The van der Waals surface area contributed by atoms with E-state index < -0.39 is 0 Å². The van der Waals surface area contributed by atoms with E-state index in [0.29, 0.717) is 0 Å². The van der Waals surface area contributed by atoms with Crippen LogP contribution in [0, 0.1) is 0 Å². The Bertz CT molecular complexity index is 147. The third-order valence-corrected chi connectivity index (χ3v) is 2.42. The predicted molar refractivity (Wildman–Crippen MR) is 39.2 cm³/mol. The van der Waals surface area contributed by atoms with Crippen LogP contribution in [0.3, 0.4) is 0 Å². The van der Waals surface area contributed by atoms with Crippen molar-refractivity contribution in [2.75, 3.05) is 0 Å². The van der Waals surface area contributed by atoms with Crippen LogP contribution >= 0.6 is 0 Å². The first kappa shape index (κ1) is 6.23. The lowest BCUT2D eigenvalue weighted by Crippen LogP contribution is -2.31. The smallest absolute Gasteiger partial charge is 0.116 e. The van der Waals surface area contributed by atoms with Crippen molar-refractivity contribution < 1.29 is 4.84 Å². The molecular weight excluding hydrogens is 126 g/mol. The van der Waals surface area contributed by atoms with Crippen LogP contribution in [0.4, 0.5) is 0 Å². The molecule has 1 saturated carbocycles. The zero-order chi connectivity index (χ0) is 6.86. The van der Waals surface area contributed by atoms with Crippen LogP contribution in [0.25, 0.3) is 0 Å². The Morgan fingerprint density at radius 1 is 1.20 bits per heavy atom. The monoisotopic (exact) mass is 139 g/mol. The van der Waals surface area contributed by atoms with Crippen molar-refractivity contribution in [3.63, 3.8) is 0 Å². The molecule has 1 aliphatic carbocycles. The van der Waals surface area contributed by atoms with Gasteiger partial charge in [-0.15, -0.1) is 0 Å². The third-order valence-electron chi connectivity index (χ3n) is 2.42. The van der Waals surface area contributed by atoms with Gasteiger partial charge in [0.05, 0.1) is 0 Å².